The summed E-state index contributed by atoms with van der Waals surface area (Å²) >= 11 is 0. The number of nitrogens with one attached hydrogen (secondary N) is 1. The van der Waals surface area contributed by atoms with Crippen molar-refractivity contribution in [1.29, 1.82) is 0 Å². The Kier molecular flexibility index (Phi) is 5.88. The highest BCUT2D eigenvalue weighted by Crippen LogP contribution is 2.33. The summed E-state index contributed by atoms with van der Waals surface area (Å²) < 4.78 is 5.77. The number of rotatable bonds is 8. The Morgan fingerprint density at radius 1 is 1.07 bits per heavy atom. The van der Waals surface area contributed by atoms with Crippen LogP contribution in [-0.4, -0.2) is 41.2 Å². The fourth-order valence-electron chi connectivity index (χ4n) is 3.49. The Hall–Kier alpha value is -2.70. The Bertz CT molecular complexity index is 774. The molecule has 144 valence electrons. The molecule has 1 aromatic carbocycles. The molecule has 0 bridgehead atoms. The number of carbonyl (C=O) groups is 4. The van der Waals surface area contributed by atoms with Crippen molar-refractivity contribution in [2.45, 2.75) is 57.9 Å². The second-order valence-corrected chi connectivity index (χ2v) is 6.89. The van der Waals surface area contributed by atoms with E-state index in [-0.39, 0.29) is 29.9 Å². The van der Waals surface area contributed by atoms with Gasteiger partial charge in [-0.05, 0) is 25.0 Å². The van der Waals surface area contributed by atoms with E-state index in [2.05, 4.69) is 12.2 Å². The van der Waals surface area contributed by atoms with Gasteiger partial charge in [-0.2, -0.15) is 0 Å². The number of piperidine rings is 1. The first-order valence-electron chi connectivity index (χ1n) is 9.52. The van der Waals surface area contributed by atoms with Crippen molar-refractivity contribution < 1.29 is 23.9 Å². The molecule has 1 aromatic rings. The lowest BCUT2D eigenvalue weighted by atomic mass is 10.0. The third-order valence-corrected chi connectivity index (χ3v) is 4.94. The van der Waals surface area contributed by atoms with Gasteiger partial charge in [0.2, 0.25) is 11.8 Å². The number of unbranched alkanes of at least 4 members (excludes halogenated alkanes) is 4. The van der Waals surface area contributed by atoms with Crippen LogP contribution in [0.3, 0.4) is 0 Å². The van der Waals surface area contributed by atoms with Gasteiger partial charge in [0.15, 0.2) is 0 Å². The summed E-state index contributed by atoms with van der Waals surface area (Å²) in [7, 11) is 0. The third kappa shape index (κ3) is 3.86. The molecule has 3 rings (SSSR count). The average molecular weight is 372 g/mol. The van der Waals surface area contributed by atoms with Gasteiger partial charge in [-0.3, -0.25) is 29.4 Å². The molecule has 2 aliphatic rings. The third-order valence-electron chi connectivity index (χ3n) is 4.94. The molecule has 0 aromatic heterocycles. The predicted molar refractivity (Wildman–Crippen MR) is 97.4 cm³/mol. The van der Waals surface area contributed by atoms with Crippen LogP contribution in [0, 0.1) is 0 Å². The fourth-order valence-corrected chi connectivity index (χ4v) is 3.49. The molecule has 27 heavy (non-hydrogen) atoms. The molecule has 7 nitrogen and oxygen atoms in total. The highest BCUT2D eigenvalue weighted by Gasteiger charge is 2.45. The van der Waals surface area contributed by atoms with E-state index in [9.17, 15) is 19.2 Å². The van der Waals surface area contributed by atoms with Gasteiger partial charge in [-0.25, -0.2) is 0 Å². The molecule has 0 radical (unpaired) electrons. The smallest absolute Gasteiger partial charge is 0.266 e. The van der Waals surface area contributed by atoms with Crippen molar-refractivity contribution in [1.82, 2.24) is 10.2 Å². The molecular formula is C20H24N2O5. The number of benzene rings is 1. The molecule has 1 N–H and O–H groups in total. The number of ether oxygens (including phenoxy) is 1. The van der Waals surface area contributed by atoms with E-state index in [1.165, 1.54) is 12.8 Å². The van der Waals surface area contributed by atoms with Crippen LogP contribution >= 0.6 is 0 Å². The normalized spacial score (nSPS) is 19.3. The van der Waals surface area contributed by atoms with E-state index < -0.39 is 23.8 Å². The van der Waals surface area contributed by atoms with Crippen LogP contribution in [0.15, 0.2) is 18.2 Å². The van der Waals surface area contributed by atoms with Crippen LogP contribution in [0.2, 0.25) is 0 Å². The number of amides is 4. The van der Waals surface area contributed by atoms with Crippen LogP contribution in [0.1, 0.15) is 72.6 Å². The van der Waals surface area contributed by atoms with Gasteiger partial charge in [0.1, 0.15) is 11.8 Å². The lowest BCUT2D eigenvalue weighted by molar-refractivity contribution is -0.136. The maximum Gasteiger partial charge on any atom is 0.266 e. The van der Waals surface area contributed by atoms with Gasteiger partial charge >= 0.3 is 0 Å². The summed E-state index contributed by atoms with van der Waals surface area (Å²) in [5, 5.41) is 2.19. The highest BCUT2D eigenvalue weighted by molar-refractivity contribution is 6.24. The van der Waals surface area contributed by atoms with Crippen molar-refractivity contribution in [2.24, 2.45) is 0 Å². The zero-order valence-corrected chi connectivity index (χ0v) is 15.5. The molecule has 4 amide bonds. The summed E-state index contributed by atoms with van der Waals surface area (Å²) in [5.74, 6) is -1.68. The van der Waals surface area contributed by atoms with E-state index in [0.717, 1.165) is 24.2 Å². The van der Waals surface area contributed by atoms with E-state index in [1.54, 1.807) is 18.2 Å². The Morgan fingerprint density at radius 2 is 1.85 bits per heavy atom. The molecule has 1 saturated heterocycles. The monoisotopic (exact) mass is 372 g/mol. The summed E-state index contributed by atoms with van der Waals surface area (Å²) in [6, 6.07) is 3.95. The van der Waals surface area contributed by atoms with Crippen LogP contribution in [0.4, 0.5) is 0 Å². The molecule has 0 aliphatic carbocycles. The van der Waals surface area contributed by atoms with Gasteiger partial charge in [0.25, 0.3) is 11.8 Å². The molecule has 7 heteroatoms. The van der Waals surface area contributed by atoms with Crippen LogP contribution in [0.25, 0.3) is 0 Å². The minimum absolute atomic E-state index is 0.102. The van der Waals surface area contributed by atoms with Gasteiger partial charge in [0, 0.05) is 6.42 Å². The quantitative estimate of drug-likeness (QED) is 0.559. The second-order valence-electron chi connectivity index (χ2n) is 6.89. The Labute approximate surface area is 158 Å². The number of hydrogen-bond acceptors (Lipinski definition) is 5. The van der Waals surface area contributed by atoms with Crippen molar-refractivity contribution in [3.8, 4) is 5.75 Å². The molecule has 0 spiro atoms. The van der Waals surface area contributed by atoms with Gasteiger partial charge in [-0.1, -0.05) is 38.7 Å². The maximum absolute atomic E-state index is 12.9. The number of carbonyl (C=O) groups excluding carboxylic acids is 4. The summed E-state index contributed by atoms with van der Waals surface area (Å²) in [6.45, 7) is 2.63. The van der Waals surface area contributed by atoms with Crippen molar-refractivity contribution >= 4 is 23.6 Å². The second kappa shape index (κ2) is 8.33. The van der Waals surface area contributed by atoms with Crippen LogP contribution < -0.4 is 10.1 Å². The summed E-state index contributed by atoms with van der Waals surface area (Å²) in [5.41, 5.74) is 0.453. The minimum Gasteiger partial charge on any atom is -0.493 e. The zero-order chi connectivity index (χ0) is 19.4. The first kappa shape index (κ1) is 19.1. The first-order valence-corrected chi connectivity index (χ1v) is 9.52. The van der Waals surface area contributed by atoms with E-state index in [4.69, 9.17) is 4.74 Å². The lowest BCUT2D eigenvalue weighted by Crippen LogP contribution is -2.54. The van der Waals surface area contributed by atoms with Gasteiger partial charge in [-0.15, -0.1) is 0 Å². The van der Waals surface area contributed by atoms with E-state index in [1.807, 2.05) is 0 Å². The van der Waals surface area contributed by atoms with Crippen LogP contribution in [-0.2, 0) is 9.59 Å². The fraction of sp³-hybridized carbons (Fsp3) is 0.500. The van der Waals surface area contributed by atoms with Gasteiger partial charge < -0.3 is 4.74 Å². The highest BCUT2D eigenvalue weighted by atomic mass is 16.5. The molecule has 1 atom stereocenters. The van der Waals surface area contributed by atoms with Crippen molar-refractivity contribution in [3.05, 3.63) is 29.3 Å². The van der Waals surface area contributed by atoms with Gasteiger partial charge in [0.05, 0.1) is 17.7 Å². The topological polar surface area (TPSA) is 92.8 Å². The average Bonchev–Trinajstić information content (AvgIpc) is 2.90. The number of fused-ring (bicyclic) bond motifs is 1. The Morgan fingerprint density at radius 3 is 2.59 bits per heavy atom. The van der Waals surface area contributed by atoms with E-state index >= 15 is 0 Å². The zero-order valence-electron chi connectivity index (χ0n) is 15.5. The summed E-state index contributed by atoms with van der Waals surface area (Å²) in [6.07, 6.45) is 5.68. The molecule has 2 aliphatic heterocycles. The lowest BCUT2D eigenvalue weighted by Gasteiger charge is -2.27. The minimum atomic E-state index is -0.961. The van der Waals surface area contributed by atoms with Crippen LogP contribution in [0.5, 0.6) is 5.75 Å². The van der Waals surface area contributed by atoms with Crippen molar-refractivity contribution in [3.63, 3.8) is 0 Å². The first-order chi connectivity index (χ1) is 13.0. The number of hydrogen-bond donors (Lipinski definition) is 1. The molecule has 2 heterocycles. The maximum atomic E-state index is 12.9. The van der Waals surface area contributed by atoms with E-state index in [0.29, 0.717) is 12.4 Å². The largest absolute Gasteiger partial charge is 0.493 e. The standard InChI is InChI=1S/C20H24N2O5/c1-2-3-4-5-6-12-27-15-9-7-8-13-17(15)20(26)22(19(13)25)14-10-11-16(23)21-18(14)24/h7-9,14H,2-6,10-12H2,1H3,(H,21,23,24). The SMILES string of the molecule is CCCCCCCOc1cccc2c1C(=O)N(C1CCC(=O)NC1=O)C2=O. The molecule has 1 fully saturated rings. The predicted octanol–water partition coefficient (Wildman–Crippen LogP) is 2.44. The number of imide groups is 2. The molecular weight excluding hydrogens is 348 g/mol. The molecule has 0 saturated carbocycles. The summed E-state index contributed by atoms with van der Waals surface area (Å²) in [4.78, 5) is 50.0. The van der Waals surface area contributed by atoms with Crippen molar-refractivity contribution in [2.75, 3.05) is 6.61 Å². The Balaban J connectivity index is 1.72. The molecule has 1 unspecified atom stereocenters. The number of nitrogens with zero attached hydrogens (tertiary/aromatic N) is 1.